The van der Waals surface area contributed by atoms with Crippen molar-refractivity contribution in [3.8, 4) is 0 Å². The number of benzene rings is 1. The van der Waals surface area contributed by atoms with Crippen molar-refractivity contribution in [1.82, 2.24) is 5.43 Å². The van der Waals surface area contributed by atoms with Gasteiger partial charge in [-0.1, -0.05) is 37.6 Å². The molecule has 90 valence electrons. The van der Waals surface area contributed by atoms with Gasteiger partial charge in [-0.3, -0.25) is 5.84 Å². The molecule has 0 amide bonds. The summed E-state index contributed by atoms with van der Waals surface area (Å²) in [6.07, 6.45) is 2.32. The van der Waals surface area contributed by atoms with Crippen molar-refractivity contribution in [3.05, 3.63) is 57.8 Å². The molecule has 2 nitrogen and oxygen atoms in total. The number of aryl methyl sites for hydroxylation is 1. The highest BCUT2D eigenvalue weighted by Crippen LogP contribution is 2.23. The van der Waals surface area contributed by atoms with Gasteiger partial charge in [0.25, 0.3) is 0 Å². The van der Waals surface area contributed by atoms with Gasteiger partial charge < -0.3 is 0 Å². The van der Waals surface area contributed by atoms with Gasteiger partial charge in [-0.05, 0) is 39.9 Å². The summed E-state index contributed by atoms with van der Waals surface area (Å²) in [5.41, 5.74) is 6.70. The van der Waals surface area contributed by atoms with Crippen molar-refractivity contribution in [3.63, 3.8) is 0 Å². The Morgan fingerprint density at radius 2 is 1.94 bits per heavy atom. The minimum atomic E-state index is 0.0944. The zero-order valence-electron chi connectivity index (χ0n) is 10.0. The number of hydrazine groups is 1. The van der Waals surface area contributed by atoms with E-state index in [1.165, 1.54) is 23.1 Å². The van der Waals surface area contributed by atoms with Crippen LogP contribution in [0, 0.1) is 0 Å². The van der Waals surface area contributed by atoms with Crippen molar-refractivity contribution >= 4 is 11.3 Å². The van der Waals surface area contributed by atoms with Crippen LogP contribution < -0.4 is 11.3 Å². The summed E-state index contributed by atoms with van der Waals surface area (Å²) in [5.74, 6) is 5.65. The van der Waals surface area contributed by atoms with Gasteiger partial charge in [-0.25, -0.2) is 5.43 Å². The molecular weight excluding hydrogens is 228 g/mol. The Morgan fingerprint density at radius 1 is 1.18 bits per heavy atom. The third-order valence-electron chi connectivity index (χ3n) is 2.89. The molecule has 1 atom stereocenters. The van der Waals surface area contributed by atoms with Gasteiger partial charge in [-0.15, -0.1) is 0 Å². The van der Waals surface area contributed by atoms with E-state index in [-0.39, 0.29) is 6.04 Å². The second-order valence-electron chi connectivity index (χ2n) is 4.15. The van der Waals surface area contributed by atoms with Gasteiger partial charge in [-0.2, -0.15) is 11.3 Å². The lowest BCUT2D eigenvalue weighted by atomic mass is 9.99. The van der Waals surface area contributed by atoms with Crippen molar-refractivity contribution in [2.45, 2.75) is 25.8 Å². The highest BCUT2D eigenvalue weighted by Gasteiger charge is 2.12. The summed E-state index contributed by atoms with van der Waals surface area (Å²) in [5, 5.41) is 4.20. The average molecular weight is 246 g/mol. The molecule has 0 aliphatic heterocycles. The Bertz CT molecular complexity index is 434. The van der Waals surface area contributed by atoms with Gasteiger partial charge in [0.05, 0.1) is 6.04 Å². The Morgan fingerprint density at radius 3 is 2.47 bits per heavy atom. The Kier molecular flexibility index (Phi) is 4.31. The molecule has 0 saturated heterocycles. The number of nitrogens with one attached hydrogen (secondary N) is 1. The maximum absolute atomic E-state index is 5.65. The third-order valence-corrected chi connectivity index (χ3v) is 3.60. The first-order chi connectivity index (χ1) is 8.35. The molecule has 2 rings (SSSR count). The lowest BCUT2D eigenvalue weighted by Gasteiger charge is -2.15. The molecule has 0 spiro atoms. The molecule has 0 aliphatic carbocycles. The molecule has 0 aliphatic rings. The minimum absolute atomic E-state index is 0.0944. The molecule has 1 heterocycles. The Balaban J connectivity index is 2.20. The standard InChI is InChI=1S/C14H18N2S/c1-2-3-11-4-6-12(7-5-11)14(16-15)13-8-9-17-10-13/h4-10,14,16H,2-3,15H2,1H3. The molecule has 0 fully saturated rings. The summed E-state index contributed by atoms with van der Waals surface area (Å²) >= 11 is 1.69. The van der Waals surface area contributed by atoms with Gasteiger partial charge in [0.15, 0.2) is 0 Å². The van der Waals surface area contributed by atoms with Crippen molar-refractivity contribution in [2.75, 3.05) is 0 Å². The number of nitrogens with two attached hydrogens (primary N) is 1. The molecule has 0 saturated carbocycles. The molecule has 3 N–H and O–H groups in total. The molecule has 0 bridgehead atoms. The fraction of sp³-hybridized carbons (Fsp3) is 0.286. The zero-order valence-corrected chi connectivity index (χ0v) is 10.8. The summed E-state index contributed by atoms with van der Waals surface area (Å²) in [7, 11) is 0. The van der Waals surface area contributed by atoms with Crippen molar-refractivity contribution in [2.24, 2.45) is 5.84 Å². The highest BCUT2D eigenvalue weighted by atomic mass is 32.1. The molecular formula is C14H18N2S. The van der Waals surface area contributed by atoms with Crippen LogP contribution in [-0.2, 0) is 6.42 Å². The number of hydrogen-bond donors (Lipinski definition) is 2. The maximum atomic E-state index is 5.65. The van der Waals surface area contributed by atoms with Crippen LogP contribution in [0.5, 0.6) is 0 Å². The van der Waals surface area contributed by atoms with Crippen LogP contribution in [0.25, 0.3) is 0 Å². The molecule has 0 radical (unpaired) electrons. The fourth-order valence-electron chi connectivity index (χ4n) is 1.99. The van der Waals surface area contributed by atoms with E-state index in [2.05, 4.69) is 53.4 Å². The quantitative estimate of drug-likeness (QED) is 0.628. The lowest BCUT2D eigenvalue weighted by Crippen LogP contribution is -2.28. The summed E-state index contributed by atoms with van der Waals surface area (Å²) in [4.78, 5) is 0. The van der Waals surface area contributed by atoms with Crippen molar-refractivity contribution in [1.29, 1.82) is 0 Å². The van der Waals surface area contributed by atoms with Crippen LogP contribution in [-0.4, -0.2) is 0 Å². The predicted molar refractivity (Wildman–Crippen MR) is 73.9 cm³/mol. The van der Waals surface area contributed by atoms with Crippen LogP contribution in [0.15, 0.2) is 41.1 Å². The van der Waals surface area contributed by atoms with Crippen LogP contribution >= 0.6 is 11.3 Å². The van der Waals surface area contributed by atoms with E-state index in [1.54, 1.807) is 11.3 Å². The monoisotopic (exact) mass is 246 g/mol. The fourth-order valence-corrected chi connectivity index (χ4v) is 2.68. The van der Waals surface area contributed by atoms with Crippen molar-refractivity contribution < 1.29 is 0 Å². The Hall–Kier alpha value is -1.16. The van der Waals surface area contributed by atoms with Gasteiger partial charge in [0, 0.05) is 0 Å². The average Bonchev–Trinajstić information content (AvgIpc) is 2.86. The van der Waals surface area contributed by atoms with E-state index in [1.807, 2.05) is 0 Å². The topological polar surface area (TPSA) is 38.0 Å². The maximum Gasteiger partial charge on any atom is 0.0718 e. The van der Waals surface area contributed by atoms with E-state index in [9.17, 15) is 0 Å². The second kappa shape index (κ2) is 5.96. The van der Waals surface area contributed by atoms with Crippen LogP contribution in [0.2, 0.25) is 0 Å². The van der Waals surface area contributed by atoms with Gasteiger partial charge in [0.1, 0.15) is 0 Å². The van der Waals surface area contributed by atoms with E-state index < -0.39 is 0 Å². The lowest BCUT2D eigenvalue weighted by molar-refractivity contribution is 0.638. The zero-order chi connectivity index (χ0) is 12.1. The summed E-state index contributed by atoms with van der Waals surface area (Å²) in [6.45, 7) is 2.20. The highest BCUT2D eigenvalue weighted by molar-refractivity contribution is 7.08. The number of thiophene rings is 1. The molecule has 1 unspecified atom stereocenters. The number of hydrogen-bond acceptors (Lipinski definition) is 3. The Labute approximate surface area is 106 Å². The van der Waals surface area contributed by atoms with E-state index in [4.69, 9.17) is 5.84 Å². The predicted octanol–water partition coefficient (Wildman–Crippen LogP) is 3.25. The molecule has 1 aromatic carbocycles. The molecule has 2 aromatic rings. The smallest absolute Gasteiger partial charge is 0.0718 e. The third kappa shape index (κ3) is 2.94. The van der Waals surface area contributed by atoms with Crippen LogP contribution in [0.4, 0.5) is 0 Å². The first kappa shape index (κ1) is 12.3. The largest absolute Gasteiger partial charge is 0.271 e. The minimum Gasteiger partial charge on any atom is -0.271 e. The van der Waals surface area contributed by atoms with E-state index in [0.29, 0.717) is 0 Å². The van der Waals surface area contributed by atoms with Crippen LogP contribution in [0.1, 0.15) is 36.1 Å². The van der Waals surface area contributed by atoms with E-state index in [0.717, 1.165) is 6.42 Å². The molecule has 1 aromatic heterocycles. The first-order valence-electron chi connectivity index (χ1n) is 5.92. The normalized spacial score (nSPS) is 12.6. The van der Waals surface area contributed by atoms with Crippen LogP contribution in [0.3, 0.4) is 0 Å². The molecule has 3 heteroatoms. The summed E-state index contributed by atoms with van der Waals surface area (Å²) in [6, 6.07) is 10.9. The van der Waals surface area contributed by atoms with Gasteiger partial charge >= 0.3 is 0 Å². The first-order valence-corrected chi connectivity index (χ1v) is 6.86. The van der Waals surface area contributed by atoms with E-state index >= 15 is 0 Å². The second-order valence-corrected chi connectivity index (χ2v) is 4.93. The number of rotatable bonds is 5. The summed E-state index contributed by atoms with van der Waals surface area (Å²) < 4.78 is 0. The SMILES string of the molecule is CCCc1ccc(C(NN)c2ccsc2)cc1. The van der Waals surface area contributed by atoms with Gasteiger partial charge in [0.2, 0.25) is 0 Å². The molecule has 17 heavy (non-hydrogen) atoms.